The van der Waals surface area contributed by atoms with Crippen LogP contribution in [0.15, 0.2) is 0 Å². The van der Waals surface area contributed by atoms with Gasteiger partial charge in [-0.3, -0.25) is 0 Å². The molecule has 2 aliphatic heterocycles. The topological polar surface area (TPSA) is 32.7 Å². The van der Waals surface area contributed by atoms with Crippen LogP contribution in [0.3, 0.4) is 0 Å². The van der Waals surface area contributed by atoms with Gasteiger partial charge in [0.15, 0.2) is 0 Å². The summed E-state index contributed by atoms with van der Waals surface area (Å²) >= 11 is 0. The van der Waals surface area contributed by atoms with Crippen molar-refractivity contribution in [1.82, 2.24) is 4.90 Å². The molecule has 0 aliphatic carbocycles. The van der Waals surface area contributed by atoms with Gasteiger partial charge in [-0.2, -0.15) is 0 Å². The molecule has 0 radical (unpaired) electrons. The van der Waals surface area contributed by atoms with Crippen LogP contribution in [0.4, 0.5) is 0 Å². The fourth-order valence-corrected chi connectivity index (χ4v) is 3.36. The van der Waals surface area contributed by atoms with Crippen molar-refractivity contribution in [2.24, 2.45) is 11.8 Å². The normalized spacial score (nSPS) is 26.7. The second kappa shape index (κ2) is 6.36. The Balaban J connectivity index is 1.75. The van der Waals surface area contributed by atoms with Crippen molar-refractivity contribution in [2.45, 2.75) is 51.6 Å². The van der Waals surface area contributed by atoms with E-state index in [-0.39, 0.29) is 0 Å². The molecule has 2 saturated heterocycles. The molecule has 0 aromatic carbocycles. The van der Waals surface area contributed by atoms with Gasteiger partial charge in [-0.05, 0) is 43.9 Å². The largest absolute Gasteiger partial charge is 0.390 e. The van der Waals surface area contributed by atoms with Gasteiger partial charge in [-0.25, -0.2) is 0 Å². The monoisotopic (exact) mass is 255 g/mol. The molecule has 2 fully saturated rings. The standard InChI is InChI=1S/C15H29NO2/c1-13(2)12-16-7-5-15(17,6-8-16)11-14-3-9-18-10-4-14/h13-14,17H,3-12H2,1-2H3. The van der Waals surface area contributed by atoms with Crippen molar-refractivity contribution in [2.75, 3.05) is 32.8 Å². The van der Waals surface area contributed by atoms with Crippen LogP contribution in [-0.2, 0) is 4.74 Å². The lowest BCUT2D eigenvalue weighted by Gasteiger charge is -2.41. The zero-order valence-corrected chi connectivity index (χ0v) is 12.0. The van der Waals surface area contributed by atoms with Crippen LogP contribution in [0.2, 0.25) is 0 Å². The third-order valence-electron chi connectivity index (χ3n) is 4.42. The van der Waals surface area contributed by atoms with Gasteiger partial charge >= 0.3 is 0 Å². The SMILES string of the molecule is CC(C)CN1CCC(O)(CC2CCOCC2)CC1. The van der Waals surface area contributed by atoms with E-state index in [4.69, 9.17) is 4.74 Å². The van der Waals surface area contributed by atoms with Crippen molar-refractivity contribution in [1.29, 1.82) is 0 Å². The lowest BCUT2D eigenvalue weighted by molar-refractivity contribution is -0.0535. The highest BCUT2D eigenvalue weighted by Gasteiger charge is 2.34. The lowest BCUT2D eigenvalue weighted by atomic mass is 9.80. The Morgan fingerprint density at radius 2 is 1.83 bits per heavy atom. The molecule has 18 heavy (non-hydrogen) atoms. The van der Waals surface area contributed by atoms with Gasteiger partial charge in [0.1, 0.15) is 0 Å². The van der Waals surface area contributed by atoms with Crippen molar-refractivity contribution in [3.05, 3.63) is 0 Å². The van der Waals surface area contributed by atoms with E-state index in [1.165, 1.54) is 6.54 Å². The Kier molecular flexibility index (Phi) is 5.05. The highest BCUT2D eigenvalue weighted by molar-refractivity contribution is 4.88. The number of aliphatic hydroxyl groups is 1. The number of piperidine rings is 1. The van der Waals surface area contributed by atoms with Crippen LogP contribution in [0.1, 0.15) is 46.0 Å². The zero-order chi connectivity index (χ0) is 13.0. The molecular formula is C15H29NO2. The number of likely N-dealkylation sites (tertiary alicyclic amines) is 1. The van der Waals surface area contributed by atoms with Crippen molar-refractivity contribution >= 4 is 0 Å². The lowest BCUT2D eigenvalue weighted by Crippen LogP contribution is -2.46. The summed E-state index contributed by atoms with van der Waals surface area (Å²) in [5, 5.41) is 10.7. The Morgan fingerprint density at radius 1 is 1.22 bits per heavy atom. The number of hydrogen-bond acceptors (Lipinski definition) is 3. The molecule has 0 bridgehead atoms. The number of rotatable bonds is 4. The predicted molar refractivity (Wildman–Crippen MR) is 73.6 cm³/mol. The van der Waals surface area contributed by atoms with E-state index < -0.39 is 5.60 Å². The van der Waals surface area contributed by atoms with Gasteiger partial charge in [-0.1, -0.05) is 13.8 Å². The fraction of sp³-hybridized carbons (Fsp3) is 1.00. The van der Waals surface area contributed by atoms with Crippen LogP contribution in [0.25, 0.3) is 0 Å². The third kappa shape index (κ3) is 4.22. The van der Waals surface area contributed by atoms with Crippen LogP contribution in [0, 0.1) is 11.8 Å². The molecule has 0 amide bonds. The average Bonchev–Trinajstić information content (AvgIpc) is 2.33. The van der Waals surface area contributed by atoms with Crippen LogP contribution in [-0.4, -0.2) is 48.5 Å². The summed E-state index contributed by atoms with van der Waals surface area (Å²) < 4.78 is 5.39. The molecule has 0 unspecified atom stereocenters. The first-order chi connectivity index (χ1) is 8.57. The fourth-order valence-electron chi connectivity index (χ4n) is 3.36. The van der Waals surface area contributed by atoms with Gasteiger partial charge in [0.25, 0.3) is 0 Å². The molecule has 0 aromatic rings. The first-order valence-corrected chi connectivity index (χ1v) is 7.60. The quantitative estimate of drug-likeness (QED) is 0.836. The van der Waals surface area contributed by atoms with Gasteiger partial charge in [0.05, 0.1) is 5.60 Å². The van der Waals surface area contributed by atoms with Gasteiger partial charge in [-0.15, -0.1) is 0 Å². The van der Waals surface area contributed by atoms with Crippen LogP contribution < -0.4 is 0 Å². The van der Waals surface area contributed by atoms with Crippen molar-refractivity contribution in [3.8, 4) is 0 Å². The van der Waals surface area contributed by atoms with E-state index >= 15 is 0 Å². The van der Waals surface area contributed by atoms with Crippen LogP contribution in [0.5, 0.6) is 0 Å². The Morgan fingerprint density at radius 3 is 2.39 bits per heavy atom. The smallest absolute Gasteiger partial charge is 0.0674 e. The average molecular weight is 255 g/mol. The third-order valence-corrected chi connectivity index (χ3v) is 4.42. The summed E-state index contributed by atoms with van der Waals surface area (Å²) in [6.07, 6.45) is 5.18. The van der Waals surface area contributed by atoms with E-state index in [0.29, 0.717) is 5.92 Å². The highest BCUT2D eigenvalue weighted by Crippen LogP contribution is 2.32. The Labute approximate surface area is 112 Å². The minimum absolute atomic E-state index is 0.393. The van der Waals surface area contributed by atoms with E-state index in [9.17, 15) is 5.11 Å². The summed E-state index contributed by atoms with van der Waals surface area (Å²) in [6.45, 7) is 9.62. The van der Waals surface area contributed by atoms with E-state index in [0.717, 1.165) is 64.3 Å². The molecule has 0 atom stereocenters. The molecule has 3 nitrogen and oxygen atoms in total. The van der Waals surface area contributed by atoms with E-state index in [1.54, 1.807) is 0 Å². The Bertz CT molecular complexity index is 241. The zero-order valence-electron chi connectivity index (χ0n) is 12.0. The molecule has 2 heterocycles. The second-order valence-corrected chi connectivity index (χ2v) is 6.68. The number of ether oxygens (including phenoxy) is 1. The molecular weight excluding hydrogens is 226 g/mol. The summed E-state index contributed by atoms with van der Waals surface area (Å²) in [7, 11) is 0. The van der Waals surface area contributed by atoms with Crippen molar-refractivity contribution < 1.29 is 9.84 Å². The first-order valence-electron chi connectivity index (χ1n) is 7.60. The van der Waals surface area contributed by atoms with E-state index in [1.807, 2.05) is 0 Å². The summed E-state index contributed by atoms with van der Waals surface area (Å²) in [5.74, 6) is 1.41. The van der Waals surface area contributed by atoms with Gasteiger partial charge in [0, 0.05) is 32.8 Å². The molecule has 1 N–H and O–H groups in total. The van der Waals surface area contributed by atoms with Gasteiger partial charge < -0.3 is 14.7 Å². The molecule has 0 saturated carbocycles. The van der Waals surface area contributed by atoms with Gasteiger partial charge in [0.2, 0.25) is 0 Å². The minimum atomic E-state index is -0.393. The predicted octanol–water partition coefficient (Wildman–Crippen LogP) is 2.29. The van der Waals surface area contributed by atoms with Crippen LogP contribution >= 0.6 is 0 Å². The first kappa shape index (κ1) is 14.3. The summed E-state index contributed by atoms with van der Waals surface area (Å²) in [4.78, 5) is 2.50. The second-order valence-electron chi connectivity index (χ2n) is 6.68. The summed E-state index contributed by atoms with van der Waals surface area (Å²) in [5.41, 5.74) is -0.393. The molecule has 0 aromatic heterocycles. The summed E-state index contributed by atoms with van der Waals surface area (Å²) in [6, 6.07) is 0. The minimum Gasteiger partial charge on any atom is -0.390 e. The maximum atomic E-state index is 10.7. The molecule has 106 valence electrons. The number of hydrogen-bond donors (Lipinski definition) is 1. The molecule has 2 aliphatic rings. The molecule has 0 spiro atoms. The number of nitrogens with zero attached hydrogens (tertiary/aromatic N) is 1. The maximum Gasteiger partial charge on any atom is 0.0674 e. The molecule has 3 heteroatoms. The van der Waals surface area contributed by atoms with Crippen molar-refractivity contribution in [3.63, 3.8) is 0 Å². The highest BCUT2D eigenvalue weighted by atomic mass is 16.5. The maximum absolute atomic E-state index is 10.7. The van der Waals surface area contributed by atoms with E-state index in [2.05, 4.69) is 18.7 Å². The molecule has 2 rings (SSSR count). The Hall–Kier alpha value is -0.120.